The number of hydrogen-bond acceptors (Lipinski definition) is 2. The number of rotatable bonds is 8. The maximum atomic E-state index is 12.1. The van der Waals surface area contributed by atoms with E-state index in [4.69, 9.17) is 5.73 Å². The second-order valence-electron chi connectivity index (χ2n) is 5.19. The van der Waals surface area contributed by atoms with Gasteiger partial charge in [0.05, 0.1) is 6.42 Å². The van der Waals surface area contributed by atoms with Crippen LogP contribution >= 0.6 is 0 Å². The Morgan fingerprint density at radius 1 is 1.18 bits per heavy atom. The van der Waals surface area contributed by atoms with Crippen LogP contribution in [-0.2, 0) is 0 Å². The summed E-state index contributed by atoms with van der Waals surface area (Å²) in [5.41, 5.74) is 5.63. The number of nitrogens with one attached hydrogen (secondary N) is 1. The van der Waals surface area contributed by atoms with Crippen LogP contribution in [0.15, 0.2) is 0 Å². The third kappa shape index (κ3) is 10.6. The lowest BCUT2D eigenvalue weighted by Gasteiger charge is -2.20. The maximum absolute atomic E-state index is 12.1. The summed E-state index contributed by atoms with van der Waals surface area (Å²) in [5, 5.41) is 2.90. The molecular formula is C12H25F3N2. The molecule has 2 nitrogen and oxygen atoms in total. The Bertz CT molecular complexity index is 193. The summed E-state index contributed by atoms with van der Waals surface area (Å²) in [6.07, 6.45) is -2.98. The predicted molar refractivity (Wildman–Crippen MR) is 64.8 cm³/mol. The lowest BCUT2D eigenvalue weighted by atomic mass is 9.94. The van der Waals surface area contributed by atoms with Gasteiger partial charge in [-0.25, -0.2) is 0 Å². The SMILES string of the molecule is CC(C)CC(CN)CCNC(C)CC(F)(F)F. The molecule has 0 spiro atoms. The third-order valence-electron chi connectivity index (χ3n) is 2.72. The molecule has 0 rings (SSSR count). The Morgan fingerprint density at radius 3 is 2.18 bits per heavy atom. The molecule has 0 aliphatic heterocycles. The van der Waals surface area contributed by atoms with Gasteiger partial charge in [-0.1, -0.05) is 13.8 Å². The minimum Gasteiger partial charge on any atom is -0.330 e. The van der Waals surface area contributed by atoms with E-state index in [0.717, 1.165) is 12.8 Å². The van der Waals surface area contributed by atoms with Gasteiger partial charge in [-0.2, -0.15) is 13.2 Å². The first kappa shape index (κ1) is 16.7. The van der Waals surface area contributed by atoms with Crippen molar-refractivity contribution < 1.29 is 13.2 Å². The van der Waals surface area contributed by atoms with Crippen molar-refractivity contribution in [2.45, 2.75) is 52.3 Å². The quantitative estimate of drug-likeness (QED) is 0.699. The second-order valence-corrected chi connectivity index (χ2v) is 5.19. The van der Waals surface area contributed by atoms with Crippen molar-refractivity contribution in [1.82, 2.24) is 5.32 Å². The number of hydrogen-bond donors (Lipinski definition) is 2. The summed E-state index contributed by atoms with van der Waals surface area (Å²) in [4.78, 5) is 0. The second kappa shape index (κ2) is 7.93. The smallest absolute Gasteiger partial charge is 0.330 e. The molecule has 0 aromatic carbocycles. The Balaban J connectivity index is 3.73. The average molecular weight is 254 g/mol. The fourth-order valence-corrected chi connectivity index (χ4v) is 1.95. The molecule has 0 heterocycles. The normalized spacial score (nSPS) is 16.2. The largest absolute Gasteiger partial charge is 0.390 e. The molecule has 0 amide bonds. The van der Waals surface area contributed by atoms with Crippen LogP contribution in [0.2, 0.25) is 0 Å². The lowest BCUT2D eigenvalue weighted by molar-refractivity contribution is -0.139. The molecule has 0 fully saturated rings. The van der Waals surface area contributed by atoms with Gasteiger partial charge in [-0.3, -0.25) is 0 Å². The first-order valence-corrected chi connectivity index (χ1v) is 6.24. The lowest BCUT2D eigenvalue weighted by Crippen LogP contribution is -2.33. The topological polar surface area (TPSA) is 38.0 Å². The molecule has 17 heavy (non-hydrogen) atoms. The molecule has 0 aromatic rings. The van der Waals surface area contributed by atoms with Gasteiger partial charge in [0.25, 0.3) is 0 Å². The molecular weight excluding hydrogens is 229 g/mol. The van der Waals surface area contributed by atoms with Crippen molar-refractivity contribution in [2.24, 2.45) is 17.6 Å². The van der Waals surface area contributed by atoms with E-state index in [0.29, 0.717) is 24.9 Å². The Morgan fingerprint density at radius 2 is 1.76 bits per heavy atom. The standard InChI is InChI=1S/C12H25F3N2/c1-9(2)6-11(8-16)4-5-17-10(3)7-12(13,14)15/h9-11,17H,4-8,16H2,1-3H3. The van der Waals surface area contributed by atoms with E-state index in [1.165, 1.54) is 0 Å². The van der Waals surface area contributed by atoms with Crippen LogP contribution in [0.5, 0.6) is 0 Å². The van der Waals surface area contributed by atoms with Gasteiger partial charge < -0.3 is 11.1 Å². The van der Waals surface area contributed by atoms with Gasteiger partial charge in [0.1, 0.15) is 0 Å². The summed E-state index contributed by atoms with van der Waals surface area (Å²) >= 11 is 0. The molecule has 0 saturated carbocycles. The van der Waals surface area contributed by atoms with Crippen LogP contribution < -0.4 is 11.1 Å². The Kier molecular flexibility index (Phi) is 7.79. The molecule has 0 radical (unpaired) electrons. The Labute approximate surface area is 102 Å². The molecule has 0 aromatic heterocycles. The molecule has 3 N–H and O–H groups in total. The molecule has 0 bridgehead atoms. The molecule has 0 aliphatic rings. The molecule has 2 atom stereocenters. The van der Waals surface area contributed by atoms with Gasteiger partial charge in [0.2, 0.25) is 0 Å². The minimum atomic E-state index is -4.09. The van der Waals surface area contributed by atoms with Crippen molar-refractivity contribution in [3.8, 4) is 0 Å². The van der Waals surface area contributed by atoms with E-state index in [1.54, 1.807) is 6.92 Å². The molecule has 0 saturated heterocycles. The van der Waals surface area contributed by atoms with Crippen molar-refractivity contribution >= 4 is 0 Å². The highest BCUT2D eigenvalue weighted by molar-refractivity contribution is 4.69. The zero-order chi connectivity index (χ0) is 13.5. The van der Waals surface area contributed by atoms with E-state index in [1.807, 2.05) is 0 Å². The molecule has 2 unspecified atom stereocenters. The van der Waals surface area contributed by atoms with Crippen LogP contribution in [0.25, 0.3) is 0 Å². The van der Waals surface area contributed by atoms with Crippen molar-refractivity contribution in [3.05, 3.63) is 0 Å². The van der Waals surface area contributed by atoms with Gasteiger partial charge >= 0.3 is 6.18 Å². The van der Waals surface area contributed by atoms with Gasteiger partial charge in [0.15, 0.2) is 0 Å². The summed E-state index contributed by atoms with van der Waals surface area (Å²) < 4.78 is 36.2. The third-order valence-corrected chi connectivity index (χ3v) is 2.72. The predicted octanol–water partition coefficient (Wildman–Crippen LogP) is 2.93. The van der Waals surface area contributed by atoms with Gasteiger partial charge in [-0.05, 0) is 44.7 Å². The van der Waals surface area contributed by atoms with Crippen LogP contribution in [0.4, 0.5) is 13.2 Å². The van der Waals surface area contributed by atoms with Crippen molar-refractivity contribution in [1.29, 1.82) is 0 Å². The monoisotopic (exact) mass is 254 g/mol. The summed E-state index contributed by atoms with van der Waals surface area (Å²) in [6.45, 7) is 7.03. The van der Waals surface area contributed by atoms with E-state index < -0.39 is 18.6 Å². The molecule has 0 aliphatic carbocycles. The van der Waals surface area contributed by atoms with Crippen molar-refractivity contribution in [3.63, 3.8) is 0 Å². The minimum absolute atomic E-state index is 0.403. The zero-order valence-corrected chi connectivity index (χ0v) is 11.0. The van der Waals surface area contributed by atoms with E-state index in [-0.39, 0.29) is 0 Å². The first-order valence-electron chi connectivity index (χ1n) is 6.24. The van der Waals surface area contributed by atoms with Gasteiger partial charge in [0, 0.05) is 6.04 Å². The average Bonchev–Trinajstić information content (AvgIpc) is 2.12. The zero-order valence-electron chi connectivity index (χ0n) is 11.0. The van der Waals surface area contributed by atoms with Gasteiger partial charge in [-0.15, -0.1) is 0 Å². The molecule has 5 heteroatoms. The summed E-state index contributed by atoms with van der Waals surface area (Å²) in [7, 11) is 0. The summed E-state index contributed by atoms with van der Waals surface area (Å²) in [5.74, 6) is 0.983. The number of halogens is 3. The highest BCUT2D eigenvalue weighted by atomic mass is 19.4. The Hall–Kier alpha value is -0.290. The van der Waals surface area contributed by atoms with E-state index in [2.05, 4.69) is 19.2 Å². The maximum Gasteiger partial charge on any atom is 0.390 e. The van der Waals surface area contributed by atoms with Crippen LogP contribution in [-0.4, -0.2) is 25.3 Å². The fourth-order valence-electron chi connectivity index (χ4n) is 1.95. The van der Waals surface area contributed by atoms with Crippen LogP contribution in [0, 0.1) is 11.8 Å². The van der Waals surface area contributed by atoms with E-state index >= 15 is 0 Å². The number of alkyl halides is 3. The van der Waals surface area contributed by atoms with E-state index in [9.17, 15) is 13.2 Å². The molecule has 104 valence electrons. The van der Waals surface area contributed by atoms with Crippen LogP contribution in [0.1, 0.15) is 40.0 Å². The highest BCUT2D eigenvalue weighted by Crippen LogP contribution is 2.21. The first-order chi connectivity index (χ1) is 7.74. The fraction of sp³-hybridized carbons (Fsp3) is 1.00. The van der Waals surface area contributed by atoms with Crippen molar-refractivity contribution in [2.75, 3.05) is 13.1 Å². The number of nitrogens with two attached hydrogens (primary N) is 1. The highest BCUT2D eigenvalue weighted by Gasteiger charge is 2.29. The summed E-state index contributed by atoms with van der Waals surface area (Å²) in [6, 6.07) is -0.521. The van der Waals surface area contributed by atoms with Crippen LogP contribution in [0.3, 0.4) is 0 Å².